The van der Waals surface area contributed by atoms with Crippen molar-refractivity contribution in [3.63, 3.8) is 0 Å². The van der Waals surface area contributed by atoms with E-state index in [0.29, 0.717) is 0 Å². The smallest absolute Gasteiger partial charge is 0.341 e. The van der Waals surface area contributed by atoms with Crippen LogP contribution in [0.15, 0.2) is 47.0 Å². The lowest BCUT2D eigenvalue weighted by molar-refractivity contribution is -0.120. The van der Waals surface area contributed by atoms with Crippen LogP contribution in [0.4, 0.5) is 16.0 Å². The summed E-state index contributed by atoms with van der Waals surface area (Å²) >= 11 is 1.38. The van der Waals surface area contributed by atoms with Crippen LogP contribution < -0.4 is 15.6 Å². The molecule has 1 atom stereocenters. The number of anilines is 2. The van der Waals surface area contributed by atoms with Gasteiger partial charge < -0.3 is 29.9 Å². The van der Waals surface area contributed by atoms with E-state index < -0.39 is 34.2 Å². The molecule has 3 aromatic rings. The Morgan fingerprint density at radius 1 is 1.29 bits per heavy atom. The molecular weight excluding hydrogens is 479 g/mol. The largest absolute Gasteiger partial charge is 0.506 e. The second-order valence-corrected chi connectivity index (χ2v) is 9.12. The zero-order chi connectivity index (χ0) is 24.9. The molecule has 3 N–H and O–H groups in total. The third-order valence-corrected chi connectivity index (χ3v) is 6.89. The van der Waals surface area contributed by atoms with Crippen LogP contribution in [0.25, 0.3) is 11.0 Å². The van der Waals surface area contributed by atoms with Crippen molar-refractivity contribution in [2.75, 3.05) is 30.4 Å². The van der Waals surface area contributed by atoms with Gasteiger partial charge in [-0.3, -0.25) is 9.59 Å². The van der Waals surface area contributed by atoms with E-state index in [9.17, 15) is 24.6 Å². The molecule has 0 saturated carbocycles. The number of aromatic hydroxyl groups is 1. The van der Waals surface area contributed by atoms with Crippen molar-refractivity contribution >= 4 is 46.3 Å². The van der Waals surface area contributed by atoms with Crippen molar-refractivity contribution in [3.05, 3.63) is 63.8 Å². The number of amides is 1. The number of carboxylic acid groups (broad SMARTS) is 1. The topological polar surface area (TPSA) is 141 Å². The van der Waals surface area contributed by atoms with Gasteiger partial charge in [0.25, 0.3) is 0 Å². The van der Waals surface area contributed by atoms with Gasteiger partial charge in [0, 0.05) is 32.5 Å². The zero-order valence-corrected chi connectivity index (χ0v) is 19.1. The third-order valence-electron chi connectivity index (χ3n) is 5.80. The highest BCUT2D eigenvalue weighted by Crippen LogP contribution is 2.36. The molecule has 1 amide bonds. The maximum Gasteiger partial charge on any atom is 0.341 e. The molecule has 2 aliphatic heterocycles. The van der Waals surface area contributed by atoms with Gasteiger partial charge in [-0.2, -0.15) is 0 Å². The Hall–Kier alpha value is -4.13. The number of hydrogen-bond acceptors (Lipinski definition) is 9. The van der Waals surface area contributed by atoms with Gasteiger partial charge in [0.2, 0.25) is 11.3 Å². The summed E-state index contributed by atoms with van der Waals surface area (Å²) in [6, 6.07) is 3.87. The highest BCUT2D eigenvalue weighted by atomic mass is 32.2. The minimum Gasteiger partial charge on any atom is -0.506 e. The summed E-state index contributed by atoms with van der Waals surface area (Å²) in [6.07, 6.45) is 4.23. The predicted molar refractivity (Wildman–Crippen MR) is 127 cm³/mol. The van der Waals surface area contributed by atoms with Crippen molar-refractivity contribution in [2.24, 2.45) is 5.92 Å². The Morgan fingerprint density at radius 3 is 2.69 bits per heavy atom. The molecule has 2 aliphatic rings. The van der Waals surface area contributed by atoms with E-state index >= 15 is 4.39 Å². The van der Waals surface area contributed by atoms with Crippen LogP contribution in [0.1, 0.15) is 15.9 Å². The van der Waals surface area contributed by atoms with Crippen molar-refractivity contribution in [3.8, 4) is 5.75 Å². The molecule has 0 radical (unpaired) electrons. The van der Waals surface area contributed by atoms with Crippen LogP contribution in [-0.4, -0.2) is 61.7 Å². The molecule has 0 aliphatic carbocycles. The summed E-state index contributed by atoms with van der Waals surface area (Å²) in [5.41, 5.74) is -1.56. The maximum absolute atomic E-state index is 15.0. The number of aromatic nitrogens is 3. The van der Waals surface area contributed by atoms with Crippen LogP contribution >= 0.6 is 11.8 Å². The Morgan fingerprint density at radius 2 is 2.06 bits per heavy atom. The second-order valence-electron chi connectivity index (χ2n) is 8.16. The molecule has 1 saturated heterocycles. The van der Waals surface area contributed by atoms with Crippen molar-refractivity contribution in [1.82, 2.24) is 19.4 Å². The fraction of sp³-hybridized carbons (Fsp3) is 0.227. The summed E-state index contributed by atoms with van der Waals surface area (Å²) in [5.74, 6) is -2.71. The monoisotopic (exact) mass is 498 g/mol. The molecule has 0 spiro atoms. The van der Waals surface area contributed by atoms with Gasteiger partial charge in [-0.05, 0) is 23.6 Å². The molecule has 35 heavy (non-hydrogen) atoms. The fourth-order valence-corrected chi connectivity index (χ4v) is 4.88. The van der Waals surface area contributed by atoms with Crippen LogP contribution in [0.5, 0.6) is 5.75 Å². The van der Waals surface area contributed by atoms with Gasteiger partial charge in [0.15, 0.2) is 17.1 Å². The van der Waals surface area contributed by atoms with E-state index in [1.165, 1.54) is 40.9 Å². The summed E-state index contributed by atoms with van der Waals surface area (Å²) in [4.78, 5) is 48.6. The minimum atomic E-state index is -1.41. The molecular formula is C22H19FN6O5S. The standard InChI is InChI=1S/C22H19FN6O5S/c1-27-4-5-35-22(27)29-10-14(21(33)34)17(31)13-6-15(23)19(26-18(13)29)28-8-11(9-28)20(32)25-16-3-2-12(30)7-24-16/h2-7,10-11,22,30H,8-9H2,1H3,(H,33,34)(H,24,25,32). The van der Waals surface area contributed by atoms with Gasteiger partial charge >= 0.3 is 5.97 Å². The average molecular weight is 498 g/mol. The molecule has 1 fully saturated rings. The molecule has 11 nitrogen and oxygen atoms in total. The lowest BCUT2D eigenvalue weighted by Gasteiger charge is -2.39. The van der Waals surface area contributed by atoms with Crippen molar-refractivity contribution in [2.45, 2.75) is 5.50 Å². The summed E-state index contributed by atoms with van der Waals surface area (Å²) in [7, 11) is 1.79. The van der Waals surface area contributed by atoms with E-state index in [-0.39, 0.29) is 47.4 Å². The first-order valence-corrected chi connectivity index (χ1v) is 11.4. The van der Waals surface area contributed by atoms with E-state index in [4.69, 9.17) is 0 Å². The lowest BCUT2D eigenvalue weighted by atomic mass is 9.99. The van der Waals surface area contributed by atoms with Crippen molar-refractivity contribution in [1.29, 1.82) is 0 Å². The van der Waals surface area contributed by atoms with E-state index in [2.05, 4.69) is 15.3 Å². The van der Waals surface area contributed by atoms with E-state index in [1.54, 1.807) is 18.1 Å². The van der Waals surface area contributed by atoms with Crippen LogP contribution in [0.2, 0.25) is 0 Å². The van der Waals surface area contributed by atoms with Crippen LogP contribution in [0.3, 0.4) is 0 Å². The Kier molecular flexibility index (Phi) is 5.55. The van der Waals surface area contributed by atoms with Gasteiger partial charge in [-0.15, -0.1) is 0 Å². The number of carboxylic acids is 1. The number of aromatic carboxylic acids is 1. The van der Waals surface area contributed by atoms with E-state index in [0.717, 1.165) is 6.07 Å². The lowest BCUT2D eigenvalue weighted by Crippen LogP contribution is -2.52. The van der Waals surface area contributed by atoms with Gasteiger partial charge in [0.1, 0.15) is 22.8 Å². The maximum atomic E-state index is 15.0. The van der Waals surface area contributed by atoms with Gasteiger partial charge in [-0.1, -0.05) is 11.8 Å². The number of halogens is 1. The van der Waals surface area contributed by atoms with E-state index in [1.807, 2.05) is 10.3 Å². The Labute approximate surface area is 201 Å². The Bertz CT molecular complexity index is 1440. The molecule has 0 bridgehead atoms. The molecule has 3 aromatic heterocycles. The number of nitrogens with one attached hydrogen (secondary N) is 1. The minimum absolute atomic E-state index is 0.0254. The van der Waals surface area contributed by atoms with Crippen molar-refractivity contribution < 1.29 is 24.2 Å². The first kappa shape index (κ1) is 22.7. The average Bonchev–Trinajstić information content (AvgIpc) is 3.21. The molecule has 180 valence electrons. The molecule has 5 rings (SSSR count). The molecule has 0 aromatic carbocycles. The number of fused-ring (bicyclic) bond motifs is 1. The normalized spacial score (nSPS) is 17.6. The number of rotatable bonds is 5. The first-order valence-electron chi connectivity index (χ1n) is 10.5. The number of hydrogen-bond donors (Lipinski definition) is 3. The SMILES string of the molecule is CN1C=CSC1n1cc(C(=O)O)c(=O)c2cc(F)c(N3CC(C(=O)Nc4ccc(O)cn4)C3)nc21. The number of thioether (sulfide) groups is 1. The summed E-state index contributed by atoms with van der Waals surface area (Å²) in [5, 5.41) is 23.1. The fourth-order valence-electron chi connectivity index (χ4n) is 3.92. The number of nitrogens with zero attached hydrogens (tertiary/aromatic N) is 5. The van der Waals surface area contributed by atoms with Crippen LogP contribution in [-0.2, 0) is 4.79 Å². The number of pyridine rings is 3. The highest BCUT2D eigenvalue weighted by molar-refractivity contribution is 8.02. The number of carbonyl (C=O) groups excluding carboxylic acids is 1. The quantitative estimate of drug-likeness (QED) is 0.478. The first-order chi connectivity index (χ1) is 16.7. The Balaban J connectivity index is 1.44. The molecule has 1 unspecified atom stereocenters. The summed E-state index contributed by atoms with van der Waals surface area (Å²) < 4.78 is 16.6. The molecule has 13 heteroatoms. The summed E-state index contributed by atoms with van der Waals surface area (Å²) in [6.45, 7) is 0.382. The highest BCUT2D eigenvalue weighted by Gasteiger charge is 2.36. The predicted octanol–water partition coefficient (Wildman–Crippen LogP) is 2.02. The van der Waals surface area contributed by atoms with Gasteiger partial charge in [0.05, 0.1) is 17.5 Å². The number of carbonyl (C=O) groups is 2. The second kappa shape index (κ2) is 8.58. The van der Waals surface area contributed by atoms with Crippen LogP contribution in [0, 0.1) is 11.7 Å². The van der Waals surface area contributed by atoms with Gasteiger partial charge in [-0.25, -0.2) is 19.2 Å². The molecule has 5 heterocycles. The third kappa shape index (κ3) is 4.03. The zero-order valence-electron chi connectivity index (χ0n) is 18.3.